The number of nitrogens with one attached hydrogen (secondary N) is 1. The molecule has 134 valence electrons. The lowest BCUT2D eigenvalue weighted by Gasteiger charge is -2.23. The van der Waals surface area contributed by atoms with Crippen LogP contribution in [-0.2, 0) is 13.5 Å². The van der Waals surface area contributed by atoms with Crippen molar-refractivity contribution in [2.45, 2.75) is 40.2 Å². The third-order valence-electron chi connectivity index (χ3n) is 4.13. The van der Waals surface area contributed by atoms with E-state index in [2.05, 4.69) is 62.4 Å². The number of hydrogen-bond donors (Lipinski definition) is 1. The molecule has 0 fully saturated rings. The normalized spacial score (nSPS) is 12.4. The monoisotopic (exact) mass is 341 g/mol. The first-order chi connectivity index (χ1) is 11.8. The first kappa shape index (κ1) is 18.9. The Bertz CT molecular complexity index is 776. The highest BCUT2D eigenvalue weighted by molar-refractivity contribution is 5.92. The van der Waals surface area contributed by atoms with Gasteiger partial charge in [-0.15, -0.1) is 0 Å². The molecule has 2 aromatic rings. The highest BCUT2D eigenvalue weighted by Gasteiger charge is 2.20. The molecular formula is C20H27N3O2. The van der Waals surface area contributed by atoms with Crippen molar-refractivity contribution in [3.63, 3.8) is 0 Å². The van der Waals surface area contributed by atoms with Crippen LogP contribution in [0.5, 0.6) is 0 Å². The third-order valence-corrected chi connectivity index (χ3v) is 4.13. The lowest BCUT2D eigenvalue weighted by molar-refractivity contribution is 0.0918. The highest BCUT2D eigenvalue weighted by Crippen LogP contribution is 2.23. The van der Waals surface area contributed by atoms with Gasteiger partial charge in [-0.3, -0.25) is 9.59 Å². The topological polar surface area (TPSA) is 64.0 Å². The van der Waals surface area contributed by atoms with Gasteiger partial charge in [-0.2, -0.15) is 5.10 Å². The van der Waals surface area contributed by atoms with Gasteiger partial charge < -0.3 is 5.32 Å². The van der Waals surface area contributed by atoms with Crippen LogP contribution in [-0.4, -0.2) is 15.7 Å². The summed E-state index contributed by atoms with van der Waals surface area (Å²) >= 11 is 0. The van der Waals surface area contributed by atoms with Crippen LogP contribution < -0.4 is 10.9 Å². The maximum Gasteiger partial charge on any atom is 0.272 e. The molecule has 0 aliphatic carbocycles. The fourth-order valence-electron chi connectivity index (χ4n) is 2.81. The zero-order valence-corrected chi connectivity index (χ0v) is 15.6. The van der Waals surface area contributed by atoms with E-state index in [1.807, 2.05) is 0 Å². The van der Waals surface area contributed by atoms with Gasteiger partial charge >= 0.3 is 0 Å². The smallest absolute Gasteiger partial charge is 0.272 e. The van der Waals surface area contributed by atoms with Gasteiger partial charge in [0, 0.05) is 13.1 Å². The second-order valence-electron chi connectivity index (χ2n) is 7.22. The van der Waals surface area contributed by atoms with Gasteiger partial charge in [0.15, 0.2) is 0 Å². The van der Waals surface area contributed by atoms with Crippen molar-refractivity contribution in [3.05, 3.63) is 63.6 Å². The lowest BCUT2D eigenvalue weighted by Crippen LogP contribution is -2.33. The van der Waals surface area contributed by atoms with Crippen LogP contribution in [0.15, 0.2) is 41.2 Å². The second kappa shape index (κ2) is 8.10. The van der Waals surface area contributed by atoms with E-state index >= 15 is 0 Å². The molecule has 5 nitrogen and oxygen atoms in total. The Balaban J connectivity index is 2.18. The molecule has 25 heavy (non-hydrogen) atoms. The van der Waals surface area contributed by atoms with E-state index in [0.717, 1.165) is 12.0 Å². The molecule has 0 radical (unpaired) electrons. The van der Waals surface area contributed by atoms with E-state index in [4.69, 9.17) is 0 Å². The predicted molar refractivity (Wildman–Crippen MR) is 99.5 cm³/mol. The van der Waals surface area contributed by atoms with Crippen molar-refractivity contribution in [2.24, 2.45) is 18.9 Å². The Morgan fingerprint density at radius 1 is 1.08 bits per heavy atom. The Labute approximate surface area is 149 Å². The highest BCUT2D eigenvalue weighted by atomic mass is 16.2. The number of nitrogens with zero attached hydrogens (tertiary/aromatic N) is 2. The number of carbonyl (C=O) groups is 1. The van der Waals surface area contributed by atoms with Crippen LogP contribution in [0.2, 0.25) is 0 Å². The molecule has 1 atom stereocenters. The van der Waals surface area contributed by atoms with Crippen molar-refractivity contribution >= 4 is 5.91 Å². The molecule has 0 saturated heterocycles. The minimum Gasteiger partial charge on any atom is -0.344 e. The number of benzene rings is 1. The molecule has 1 aromatic heterocycles. The molecule has 1 aromatic carbocycles. The number of aromatic nitrogens is 2. The maximum atomic E-state index is 12.5. The quantitative estimate of drug-likeness (QED) is 0.878. The number of amides is 1. The minimum absolute atomic E-state index is 0.111. The standard InChI is InChI=1S/C20H27N3O2/c1-13(2)12-15-6-8-16(9-7-15)19(14(3)4)21-20(25)17-10-11-18(24)23(5)22-17/h6-11,13-14,19H,12H2,1-5H3,(H,21,25). The van der Waals surface area contributed by atoms with E-state index in [1.54, 1.807) is 0 Å². The molecule has 0 aliphatic rings. The Morgan fingerprint density at radius 3 is 2.24 bits per heavy atom. The van der Waals surface area contributed by atoms with Crippen molar-refractivity contribution < 1.29 is 4.79 Å². The fraction of sp³-hybridized carbons (Fsp3) is 0.450. The maximum absolute atomic E-state index is 12.5. The molecule has 1 amide bonds. The molecule has 5 heteroatoms. The van der Waals surface area contributed by atoms with E-state index in [0.29, 0.717) is 5.92 Å². The summed E-state index contributed by atoms with van der Waals surface area (Å²) in [6.07, 6.45) is 1.04. The average molecular weight is 341 g/mol. The minimum atomic E-state index is -0.277. The first-order valence-corrected chi connectivity index (χ1v) is 8.72. The van der Waals surface area contributed by atoms with Crippen LogP contribution in [0.25, 0.3) is 0 Å². The Kier molecular flexibility index (Phi) is 6.12. The van der Waals surface area contributed by atoms with Crippen LogP contribution in [0.4, 0.5) is 0 Å². The summed E-state index contributed by atoms with van der Waals surface area (Å²) in [6.45, 7) is 8.54. The van der Waals surface area contributed by atoms with Crippen molar-refractivity contribution in [1.29, 1.82) is 0 Å². The van der Waals surface area contributed by atoms with Gasteiger partial charge in [0.2, 0.25) is 0 Å². The van der Waals surface area contributed by atoms with Crippen LogP contribution >= 0.6 is 0 Å². The summed E-state index contributed by atoms with van der Waals surface area (Å²) in [7, 11) is 1.53. The third kappa shape index (κ3) is 5.02. The summed E-state index contributed by atoms with van der Waals surface area (Å²) in [4.78, 5) is 23.9. The van der Waals surface area contributed by atoms with Gasteiger partial charge in [-0.05, 0) is 35.4 Å². The molecule has 0 saturated carbocycles. The molecule has 1 heterocycles. The lowest BCUT2D eigenvalue weighted by atomic mass is 9.93. The summed E-state index contributed by atoms with van der Waals surface area (Å²) in [5.41, 5.74) is 2.37. The van der Waals surface area contributed by atoms with Crippen molar-refractivity contribution in [2.75, 3.05) is 0 Å². The number of rotatable bonds is 6. The van der Waals surface area contributed by atoms with Gasteiger partial charge in [0.05, 0.1) is 6.04 Å². The molecule has 2 rings (SSSR count). The summed E-state index contributed by atoms with van der Waals surface area (Å²) in [5, 5.41) is 7.06. The fourth-order valence-corrected chi connectivity index (χ4v) is 2.81. The summed E-state index contributed by atoms with van der Waals surface area (Å²) in [5.74, 6) is 0.565. The zero-order chi connectivity index (χ0) is 18.6. The molecule has 1 unspecified atom stereocenters. The first-order valence-electron chi connectivity index (χ1n) is 8.72. The number of hydrogen-bond acceptors (Lipinski definition) is 3. The van der Waals surface area contributed by atoms with Gasteiger partial charge in [-0.1, -0.05) is 52.0 Å². The number of carbonyl (C=O) groups excluding carboxylic acids is 1. The van der Waals surface area contributed by atoms with Crippen LogP contribution in [0.1, 0.15) is 55.4 Å². The number of aryl methyl sites for hydroxylation is 1. The Hall–Kier alpha value is -2.43. The SMILES string of the molecule is CC(C)Cc1ccc(C(NC(=O)c2ccc(=O)n(C)n2)C(C)C)cc1. The van der Waals surface area contributed by atoms with Crippen LogP contribution in [0.3, 0.4) is 0 Å². The molecule has 1 N–H and O–H groups in total. The Morgan fingerprint density at radius 2 is 1.72 bits per heavy atom. The van der Waals surface area contributed by atoms with E-state index in [9.17, 15) is 9.59 Å². The van der Waals surface area contributed by atoms with Gasteiger partial charge in [-0.25, -0.2) is 4.68 Å². The molecule has 0 spiro atoms. The molecule has 0 aliphatic heterocycles. The predicted octanol–water partition coefficient (Wildman–Crippen LogP) is 3.11. The summed E-state index contributed by atoms with van der Waals surface area (Å²) < 4.78 is 1.17. The second-order valence-corrected chi connectivity index (χ2v) is 7.22. The van der Waals surface area contributed by atoms with Crippen molar-refractivity contribution in [3.8, 4) is 0 Å². The zero-order valence-electron chi connectivity index (χ0n) is 15.6. The van der Waals surface area contributed by atoms with E-state index in [-0.39, 0.29) is 29.1 Å². The van der Waals surface area contributed by atoms with Gasteiger partial charge in [0.1, 0.15) is 5.69 Å². The molecule has 0 bridgehead atoms. The largest absolute Gasteiger partial charge is 0.344 e. The van der Waals surface area contributed by atoms with E-state index in [1.165, 1.54) is 29.4 Å². The molecular weight excluding hydrogens is 314 g/mol. The average Bonchev–Trinajstić information content (AvgIpc) is 2.55. The van der Waals surface area contributed by atoms with Crippen LogP contribution in [0, 0.1) is 11.8 Å². The van der Waals surface area contributed by atoms with Gasteiger partial charge in [0.25, 0.3) is 11.5 Å². The van der Waals surface area contributed by atoms with E-state index < -0.39 is 0 Å². The van der Waals surface area contributed by atoms with Crippen molar-refractivity contribution in [1.82, 2.24) is 15.1 Å². The summed E-state index contributed by atoms with van der Waals surface area (Å²) in [6, 6.07) is 11.1.